The van der Waals surface area contributed by atoms with E-state index in [1.165, 1.54) is 6.20 Å². The number of anilines is 2. The van der Waals surface area contributed by atoms with Gasteiger partial charge in [-0.05, 0) is 18.8 Å². The Morgan fingerprint density at radius 3 is 2.58 bits per heavy atom. The van der Waals surface area contributed by atoms with Crippen molar-refractivity contribution in [1.29, 1.82) is 0 Å². The molecule has 0 unspecified atom stereocenters. The van der Waals surface area contributed by atoms with Gasteiger partial charge in [0.15, 0.2) is 0 Å². The molecule has 2 N–H and O–H groups in total. The number of nitrogens with zero attached hydrogens (tertiary/aromatic N) is 3. The number of nitro groups is 1. The van der Waals surface area contributed by atoms with E-state index in [2.05, 4.69) is 41.4 Å². The highest BCUT2D eigenvalue weighted by molar-refractivity contribution is 5.56. The summed E-state index contributed by atoms with van der Waals surface area (Å²) in [4.78, 5) is 18.5. The standard InChI is InChI=1S/C12H21N5O2/c1-5-13-11-15-8-9(17(18)19)10(16-11)14-7-6-12(2,3)4/h8H,5-7H2,1-4H3,(H2,13,14,15,16). The highest BCUT2D eigenvalue weighted by Gasteiger charge is 2.18. The van der Waals surface area contributed by atoms with E-state index in [1.54, 1.807) is 0 Å². The van der Waals surface area contributed by atoms with Crippen molar-refractivity contribution in [2.75, 3.05) is 23.7 Å². The van der Waals surface area contributed by atoms with Crippen molar-refractivity contribution in [3.8, 4) is 0 Å². The van der Waals surface area contributed by atoms with E-state index in [9.17, 15) is 10.1 Å². The molecule has 7 nitrogen and oxygen atoms in total. The van der Waals surface area contributed by atoms with Crippen molar-refractivity contribution in [2.45, 2.75) is 34.1 Å². The Morgan fingerprint density at radius 1 is 1.37 bits per heavy atom. The SMILES string of the molecule is CCNc1ncc([N+](=O)[O-])c(NCCC(C)(C)C)n1. The van der Waals surface area contributed by atoms with Crippen molar-refractivity contribution in [2.24, 2.45) is 5.41 Å². The molecule has 19 heavy (non-hydrogen) atoms. The van der Waals surface area contributed by atoms with E-state index in [-0.39, 0.29) is 16.9 Å². The third kappa shape index (κ3) is 5.07. The maximum absolute atomic E-state index is 10.9. The van der Waals surface area contributed by atoms with Crippen LogP contribution in [0.4, 0.5) is 17.5 Å². The summed E-state index contributed by atoms with van der Waals surface area (Å²) < 4.78 is 0. The van der Waals surface area contributed by atoms with Gasteiger partial charge in [0, 0.05) is 13.1 Å². The highest BCUT2D eigenvalue weighted by atomic mass is 16.6. The predicted molar refractivity (Wildman–Crippen MR) is 75.4 cm³/mol. The molecule has 0 saturated heterocycles. The molecule has 0 atom stereocenters. The third-order valence-electron chi connectivity index (χ3n) is 2.47. The van der Waals surface area contributed by atoms with Crippen LogP contribution in [0.5, 0.6) is 0 Å². The summed E-state index contributed by atoms with van der Waals surface area (Å²) in [6.07, 6.45) is 2.12. The molecule has 1 aromatic rings. The molecule has 0 aliphatic rings. The van der Waals surface area contributed by atoms with E-state index in [0.717, 1.165) is 6.42 Å². The Morgan fingerprint density at radius 2 is 2.05 bits per heavy atom. The second-order valence-corrected chi connectivity index (χ2v) is 5.45. The molecule has 0 aliphatic carbocycles. The van der Waals surface area contributed by atoms with Crippen LogP contribution in [0.25, 0.3) is 0 Å². The number of rotatable bonds is 6. The normalized spacial score (nSPS) is 11.2. The first kappa shape index (κ1) is 15.1. The average molecular weight is 267 g/mol. The molecule has 0 aromatic carbocycles. The number of hydrogen-bond donors (Lipinski definition) is 2. The fraction of sp³-hybridized carbons (Fsp3) is 0.667. The van der Waals surface area contributed by atoms with E-state index in [1.807, 2.05) is 6.92 Å². The van der Waals surface area contributed by atoms with Crippen LogP contribution in [0, 0.1) is 15.5 Å². The molecule has 0 bridgehead atoms. The molecule has 1 heterocycles. The summed E-state index contributed by atoms with van der Waals surface area (Å²) in [5.41, 5.74) is 0.0646. The smallest absolute Gasteiger partial charge is 0.329 e. The zero-order chi connectivity index (χ0) is 14.5. The van der Waals surface area contributed by atoms with Crippen LogP contribution in [-0.4, -0.2) is 28.0 Å². The van der Waals surface area contributed by atoms with Gasteiger partial charge in [-0.15, -0.1) is 0 Å². The largest absolute Gasteiger partial charge is 0.364 e. The van der Waals surface area contributed by atoms with E-state index in [4.69, 9.17) is 0 Å². The lowest BCUT2D eigenvalue weighted by Crippen LogP contribution is -2.15. The van der Waals surface area contributed by atoms with E-state index < -0.39 is 4.92 Å². The Balaban J connectivity index is 2.82. The van der Waals surface area contributed by atoms with E-state index >= 15 is 0 Å². The summed E-state index contributed by atoms with van der Waals surface area (Å²) in [6, 6.07) is 0. The summed E-state index contributed by atoms with van der Waals surface area (Å²) >= 11 is 0. The second-order valence-electron chi connectivity index (χ2n) is 5.45. The zero-order valence-electron chi connectivity index (χ0n) is 11.9. The predicted octanol–water partition coefficient (Wildman–Crippen LogP) is 2.66. The maximum Gasteiger partial charge on any atom is 0.329 e. The third-order valence-corrected chi connectivity index (χ3v) is 2.47. The summed E-state index contributed by atoms with van der Waals surface area (Å²) in [6.45, 7) is 9.57. The molecule has 106 valence electrons. The van der Waals surface area contributed by atoms with E-state index in [0.29, 0.717) is 19.0 Å². The summed E-state index contributed by atoms with van der Waals surface area (Å²) in [5.74, 6) is 0.659. The van der Waals surface area contributed by atoms with Gasteiger partial charge >= 0.3 is 5.69 Å². The van der Waals surface area contributed by atoms with Crippen molar-refractivity contribution in [3.05, 3.63) is 16.3 Å². The second kappa shape index (κ2) is 6.31. The molecule has 7 heteroatoms. The Labute approximate surface area is 113 Å². The minimum absolute atomic E-state index is 0.101. The van der Waals surface area contributed by atoms with Gasteiger partial charge in [0.2, 0.25) is 11.8 Å². The topological polar surface area (TPSA) is 93.0 Å². The van der Waals surface area contributed by atoms with Crippen LogP contribution in [0.2, 0.25) is 0 Å². The quantitative estimate of drug-likeness (QED) is 0.608. The molecular formula is C12H21N5O2. The molecule has 0 aliphatic heterocycles. The van der Waals surface area contributed by atoms with Gasteiger partial charge < -0.3 is 10.6 Å². The zero-order valence-corrected chi connectivity index (χ0v) is 11.9. The van der Waals surface area contributed by atoms with Crippen molar-refractivity contribution < 1.29 is 4.92 Å². The van der Waals surface area contributed by atoms with Crippen molar-refractivity contribution in [1.82, 2.24) is 9.97 Å². The van der Waals surface area contributed by atoms with Crippen LogP contribution in [0.15, 0.2) is 6.20 Å². The van der Waals surface area contributed by atoms with Crippen LogP contribution >= 0.6 is 0 Å². The Hall–Kier alpha value is -1.92. The highest BCUT2D eigenvalue weighted by Crippen LogP contribution is 2.23. The van der Waals surface area contributed by atoms with Crippen LogP contribution in [0.1, 0.15) is 34.1 Å². The molecule has 0 saturated carbocycles. The monoisotopic (exact) mass is 267 g/mol. The first-order valence-corrected chi connectivity index (χ1v) is 6.32. The van der Waals surface area contributed by atoms with Crippen molar-refractivity contribution >= 4 is 17.5 Å². The minimum atomic E-state index is -0.477. The lowest BCUT2D eigenvalue weighted by molar-refractivity contribution is -0.384. The molecule has 1 aromatic heterocycles. The number of nitrogens with one attached hydrogen (secondary N) is 2. The molecule has 1 rings (SSSR count). The van der Waals surface area contributed by atoms with Gasteiger partial charge in [-0.1, -0.05) is 20.8 Å². The fourth-order valence-corrected chi connectivity index (χ4v) is 1.44. The van der Waals surface area contributed by atoms with Gasteiger partial charge in [0.25, 0.3) is 0 Å². The minimum Gasteiger partial charge on any atom is -0.364 e. The van der Waals surface area contributed by atoms with Crippen LogP contribution in [-0.2, 0) is 0 Å². The first-order chi connectivity index (χ1) is 8.83. The Kier molecular flexibility index (Phi) is 5.02. The van der Waals surface area contributed by atoms with Crippen LogP contribution in [0.3, 0.4) is 0 Å². The molecule has 0 spiro atoms. The number of hydrogen-bond acceptors (Lipinski definition) is 6. The fourth-order valence-electron chi connectivity index (χ4n) is 1.44. The lowest BCUT2D eigenvalue weighted by atomic mass is 9.92. The summed E-state index contributed by atoms with van der Waals surface area (Å²) in [5, 5.41) is 16.9. The maximum atomic E-state index is 10.9. The molecule has 0 amide bonds. The summed E-state index contributed by atoms with van der Waals surface area (Å²) in [7, 11) is 0. The van der Waals surface area contributed by atoms with Crippen molar-refractivity contribution in [3.63, 3.8) is 0 Å². The molecule has 0 fully saturated rings. The van der Waals surface area contributed by atoms with Gasteiger partial charge in [0.1, 0.15) is 6.20 Å². The average Bonchev–Trinajstić information content (AvgIpc) is 2.27. The first-order valence-electron chi connectivity index (χ1n) is 6.32. The lowest BCUT2D eigenvalue weighted by Gasteiger charge is -2.18. The van der Waals surface area contributed by atoms with Gasteiger partial charge in [0.05, 0.1) is 4.92 Å². The number of aromatic nitrogens is 2. The van der Waals surface area contributed by atoms with Crippen LogP contribution < -0.4 is 10.6 Å². The van der Waals surface area contributed by atoms with Gasteiger partial charge in [-0.2, -0.15) is 4.98 Å². The van der Waals surface area contributed by atoms with Gasteiger partial charge in [-0.25, -0.2) is 4.98 Å². The Bertz CT molecular complexity index is 442. The van der Waals surface area contributed by atoms with Gasteiger partial charge in [-0.3, -0.25) is 10.1 Å². The molecule has 0 radical (unpaired) electrons. The molecular weight excluding hydrogens is 246 g/mol.